The Morgan fingerprint density at radius 2 is 1.00 bits per heavy atom. The van der Waals surface area contributed by atoms with Gasteiger partial charge in [-0.15, -0.1) is 0 Å². The predicted octanol–water partition coefficient (Wildman–Crippen LogP) is 5.17. The first-order chi connectivity index (χ1) is 12.4. The summed E-state index contributed by atoms with van der Waals surface area (Å²) < 4.78 is 0. The van der Waals surface area contributed by atoms with E-state index < -0.39 is 0 Å². The molecule has 2 aromatic heterocycles. The van der Waals surface area contributed by atoms with Crippen molar-refractivity contribution >= 4 is 22.1 Å². The molecule has 4 rings (SSSR count). The zero-order chi connectivity index (χ0) is 16.9. The van der Waals surface area contributed by atoms with E-state index in [9.17, 15) is 0 Å². The summed E-state index contributed by atoms with van der Waals surface area (Å²) in [5.41, 5.74) is 4.43. The number of benzene rings is 2. The first kappa shape index (κ1) is 15.9. The third-order valence-corrected chi connectivity index (χ3v) is 4.70. The van der Waals surface area contributed by atoms with Crippen LogP contribution in [0.2, 0.25) is 0 Å². The van der Waals surface area contributed by atoms with Gasteiger partial charge in [0, 0.05) is 12.8 Å². The maximum absolute atomic E-state index is 4.64. The molecule has 0 unspecified atom stereocenters. The van der Waals surface area contributed by atoms with E-state index in [1.54, 1.807) is 0 Å². The number of aromatic amines is 2. The molecule has 0 amide bonds. The van der Waals surface area contributed by atoms with Crippen LogP contribution in [0.25, 0.3) is 22.1 Å². The third-order valence-electron chi connectivity index (χ3n) is 4.70. The summed E-state index contributed by atoms with van der Waals surface area (Å²) in [4.78, 5) is 16.1. The van der Waals surface area contributed by atoms with Gasteiger partial charge in [0.2, 0.25) is 0 Å². The summed E-state index contributed by atoms with van der Waals surface area (Å²) in [5.74, 6) is 2.23. The van der Waals surface area contributed by atoms with Crippen molar-refractivity contribution in [2.24, 2.45) is 0 Å². The van der Waals surface area contributed by atoms with E-state index in [4.69, 9.17) is 0 Å². The Labute approximate surface area is 147 Å². The van der Waals surface area contributed by atoms with E-state index in [0.29, 0.717) is 0 Å². The zero-order valence-corrected chi connectivity index (χ0v) is 14.5. The number of imidazole rings is 2. The molecule has 2 aromatic carbocycles. The monoisotopic (exact) mass is 332 g/mol. The fraction of sp³-hybridized carbons (Fsp3) is 0.333. The van der Waals surface area contributed by atoms with Gasteiger partial charge in [-0.1, -0.05) is 43.5 Å². The largest absolute Gasteiger partial charge is 0.342 e. The molecule has 0 aliphatic carbocycles. The van der Waals surface area contributed by atoms with Crippen LogP contribution < -0.4 is 0 Å². The van der Waals surface area contributed by atoms with Gasteiger partial charge in [0.15, 0.2) is 0 Å². The summed E-state index contributed by atoms with van der Waals surface area (Å²) in [7, 11) is 0. The van der Waals surface area contributed by atoms with Crippen LogP contribution in [0.4, 0.5) is 0 Å². The van der Waals surface area contributed by atoms with Crippen molar-refractivity contribution in [1.29, 1.82) is 0 Å². The number of aromatic nitrogens is 4. The molecule has 2 heterocycles. The van der Waals surface area contributed by atoms with Crippen LogP contribution in [0.3, 0.4) is 0 Å². The predicted molar refractivity (Wildman–Crippen MR) is 103 cm³/mol. The molecule has 0 fully saturated rings. The molecule has 0 bridgehead atoms. The molecule has 0 aliphatic rings. The van der Waals surface area contributed by atoms with Crippen molar-refractivity contribution in [2.45, 2.75) is 44.9 Å². The maximum Gasteiger partial charge on any atom is 0.107 e. The van der Waals surface area contributed by atoms with Gasteiger partial charge in [0.25, 0.3) is 0 Å². The van der Waals surface area contributed by atoms with E-state index >= 15 is 0 Å². The molecule has 2 N–H and O–H groups in total. The number of hydrogen-bond acceptors (Lipinski definition) is 2. The number of unbranched alkanes of at least 4 members (excludes halogenated alkanes) is 4. The van der Waals surface area contributed by atoms with Crippen molar-refractivity contribution < 1.29 is 0 Å². The molecular weight excluding hydrogens is 308 g/mol. The van der Waals surface area contributed by atoms with Gasteiger partial charge in [0.05, 0.1) is 22.1 Å². The summed E-state index contributed by atoms with van der Waals surface area (Å²) in [6.07, 6.45) is 8.28. The highest BCUT2D eigenvalue weighted by Gasteiger charge is 2.03. The standard InChI is InChI=1S/C21H24N4/c1(2-4-14-20-22-16-10-6-7-11-17(16)23-20)3-5-15-21-24-18-12-8-9-13-19(18)25-21/h6-13H,1-5,14-15H2,(H,22,23)(H,24,25). The van der Waals surface area contributed by atoms with Crippen molar-refractivity contribution in [2.75, 3.05) is 0 Å². The number of nitrogens with one attached hydrogen (secondary N) is 2. The van der Waals surface area contributed by atoms with E-state index in [0.717, 1.165) is 46.6 Å². The number of nitrogens with zero attached hydrogens (tertiary/aromatic N) is 2. The number of H-pyrrole nitrogens is 2. The van der Waals surface area contributed by atoms with E-state index in [1.807, 2.05) is 24.3 Å². The third kappa shape index (κ3) is 3.90. The summed E-state index contributed by atoms with van der Waals surface area (Å²) in [6.45, 7) is 0. The SMILES string of the molecule is c1ccc2[nH]c(CCCCCCCc3nc4ccccc4[nH]3)nc2c1. The normalized spacial score (nSPS) is 11.5. The minimum atomic E-state index is 1.04. The lowest BCUT2D eigenvalue weighted by atomic mass is 10.1. The summed E-state index contributed by atoms with van der Waals surface area (Å²) in [6, 6.07) is 16.5. The number of aryl methyl sites for hydroxylation is 2. The Balaban J connectivity index is 1.15. The lowest BCUT2D eigenvalue weighted by Crippen LogP contribution is -1.90. The molecule has 0 saturated carbocycles. The van der Waals surface area contributed by atoms with E-state index in [-0.39, 0.29) is 0 Å². The van der Waals surface area contributed by atoms with Crippen LogP contribution in [0.5, 0.6) is 0 Å². The highest BCUT2D eigenvalue weighted by molar-refractivity contribution is 5.75. The molecule has 0 saturated heterocycles. The van der Waals surface area contributed by atoms with Crippen LogP contribution >= 0.6 is 0 Å². The summed E-state index contributed by atoms with van der Waals surface area (Å²) in [5, 5.41) is 0. The lowest BCUT2D eigenvalue weighted by Gasteiger charge is -2.00. The molecule has 0 atom stereocenters. The molecule has 128 valence electrons. The second-order valence-corrected chi connectivity index (χ2v) is 6.67. The topological polar surface area (TPSA) is 57.4 Å². The quantitative estimate of drug-likeness (QED) is 0.437. The minimum Gasteiger partial charge on any atom is -0.342 e. The Hall–Kier alpha value is -2.62. The van der Waals surface area contributed by atoms with Crippen molar-refractivity contribution in [1.82, 2.24) is 19.9 Å². The zero-order valence-electron chi connectivity index (χ0n) is 14.5. The minimum absolute atomic E-state index is 1.04. The number of para-hydroxylation sites is 4. The van der Waals surface area contributed by atoms with Crippen LogP contribution in [0.1, 0.15) is 43.8 Å². The average molecular weight is 332 g/mol. The molecule has 4 aromatic rings. The smallest absolute Gasteiger partial charge is 0.107 e. The maximum atomic E-state index is 4.64. The lowest BCUT2D eigenvalue weighted by molar-refractivity contribution is 0.603. The number of hydrogen-bond donors (Lipinski definition) is 2. The van der Waals surface area contributed by atoms with Gasteiger partial charge in [-0.05, 0) is 37.1 Å². The fourth-order valence-electron chi connectivity index (χ4n) is 3.36. The van der Waals surface area contributed by atoms with Gasteiger partial charge >= 0.3 is 0 Å². The van der Waals surface area contributed by atoms with Gasteiger partial charge < -0.3 is 9.97 Å². The Morgan fingerprint density at radius 1 is 0.560 bits per heavy atom. The van der Waals surface area contributed by atoms with Crippen LogP contribution in [0, 0.1) is 0 Å². The summed E-state index contributed by atoms with van der Waals surface area (Å²) >= 11 is 0. The molecule has 25 heavy (non-hydrogen) atoms. The van der Waals surface area contributed by atoms with E-state index in [1.165, 1.54) is 32.1 Å². The van der Waals surface area contributed by atoms with Crippen LogP contribution in [0.15, 0.2) is 48.5 Å². The molecule has 0 radical (unpaired) electrons. The number of fused-ring (bicyclic) bond motifs is 2. The molecule has 4 nitrogen and oxygen atoms in total. The first-order valence-electron chi connectivity index (χ1n) is 9.26. The van der Waals surface area contributed by atoms with Crippen LogP contribution in [-0.2, 0) is 12.8 Å². The molecular formula is C21H24N4. The first-order valence-corrected chi connectivity index (χ1v) is 9.26. The Morgan fingerprint density at radius 3 is 1.48 bits per heavy atom. The van der Waals surface area contributed by atoms with Crippen molar-refractivity contribution in [3.63, 3.8) is 0 Å². The molecule has 0 aliphatic heterocycles. The molecule has 4 heteroatoms. The van der Waals surface area contributed by atoms with Crippen molar-refractivity contribution in [3.8, 4) is 0 Å². The molecule has 0 spiro atoms. The van der Waals surface area contributed by atoms with Crippen molar-refractivity contribution in [3.05, 3.63) is 60.2 Å². The second kappa shape index (κ2) is 7.51. The Bertz CT molecular complexity index is 807. The van der Waals surface area contributed by atoms with Gasteiger partial charge in [0.1, 0.15) is 11.6 Å². The highest BCUT2D eigenvalue weighted by Crippen LogP contribution is 2.15. The van der Waals surface area contributed by atoms with Crippen LogP contribution in [-0.4, -0.2) is 19.9 Å². The van der Waals surface area contributed by atoms with Gasteiger partial charge in [-0.25, -0.2) is 9.97 Å². The number of rotatable bonds is 8. The Kier molecular flexibility index (Phi) is 4.77. The van der Waals surface area contributed by atoms with E-state index in [2.05, 4.69) is 44.2 Å². The van der Waals surface area contributed by atoms with Gasteiger partial charge in [-0.2, -0.15) is 0 Å². The fourth-order valence-corrected chi connectivity index (χ4v) is 3.36. The highest BCUT2D eigenvalue weighted by atomic mass is 14.9. The van der Waals surface area contributed by atoms with Gasteiger partial charge in [-0.3, -0.25) is 0 Å². The average Bonchev–Trinajstić information content (AvgIpc) is 3.23. The second-order valence-electron chi connectivity index (χ2n) is 6.67.